The lowest BCUT2D eigenvalue weighted by molar-refractivity contribution is -0.413. The van der Waals surface area contributed by atoms with E-state index in [4.69, 9.17) is 5.11 Å². The molecule has 10 heteroatoms. The molecule has 0 aliphatic heterocycles. The van der Waals surface area contributed by atoms with Crippen LogP contribution in [-0.4, -0.2) is 29.0 Å². The van der Waals surface area contributed by atoms with Gasteiger partial charge >= 0.3 is 18.3 Å². The van der Waals surface area contributed by atoms with Gasteiger partial charge in [0, 0.05) is 11.0 Å². The third-order valence-electron chi connectivity index (χ3n) is 3.64. The van der Waals surface area contributed by atoms with Crippen molar-refractivity contribution in [1.29, 1.82) is 0 Å². The Labute approximate surface area is 138 Å². The van der Waals surface area contributed by atoms with Crippen LogP contribution in [0.4, 0.5) is 30.7 Å². The van der Waals surface area contributed by atoms with Gasteiger partial charge < -0.3 is 9.84 Å². The predicted molar refractivity (Wildman–Crippen MR) is 72.4 cm³/mol. The summed E-state index contributed by atoms with van der Waals surface area (Å²) >= 11 is 0. The summed E-state index contributed by atoms with van der Waals surface area (Å²) in [5.41, 5.74) is -8.81. The minimum absolute atomic E-state index is 0.674. The van der Waals surface area contributed by atoms with Crippen LogP contribution in [-0.2, 0) is 11.3 Å². The minimum atomic E-state index is -5.88. The van der Waals surface area contributed by atoms with Crippen molar-refractivity contribution in [3.63, 3.8) is 0 Å². The largest absolute Gasteiger partial charge is 0.478 e. The zero-order valence-electron chi connectivity index (χ0n) is 13.3. The van der Waals surface area contributed by atoms with Crippen molar-refractivity contribution < 1.29 is 45.4 Å². The number of hydrogen-bond acceptors (Lipinski definition) is 2. The molecule has 1 N–H and O–H groups in total. The quantitative estimate of drug-likeness (QED) is 0.757. The van der Waals surface area contributed by atoms with Crippen LogP contribution in [0, 0.1) is 11.2 Å². The zero-order chi connectivity index (χ0) is 19.8. The molecule has 0 fully saturated rings. The summed E-state index contributed by atoms with van der Waals surface area (Å²) in [5, 5.41) is 8.93. The van der Waals surface area contributed by atoms with Gasteiger partial charge in [0.15, 0.2) is 0 Å². The average Bonchev–Trinajstić information content (AvgIpc) is 2.35. The number of carbonyl (C=O) groups is 1. The molecule has 25 heavy (non-hydrogen) atoms. The molecule has 0 spiro atoms. The molecule has 0 aliphatic rings. The number of alkyl halides is 6. The molecule has 0 aliphatic carbocycles. The molecular formula is C15H15F7O3. The fourth-order valence-corrected chi connectivity index (χ4v) is 2.48. The van der Waals surface area contributed by atoms with Gasteiger partial charge in [-0.15, -0.1) is 0 Å². The Bertz CT molecular complexity index is 606. The monoisotopic (exact) mass is 376 g/mol. The number of hydrogen-bond donors (Lipinski definition) is 1. The van der Waals surface area contributed by atoms with E-state index in [1.165, 1.54) is 0 Å². The second kappa shape index (κ2) is 6.47. The third kappa shape index (κ3) is 3.73. The lowest BCUT2D eigenvalue weighted by Gasteiger charge is -2.46. The smallest absolute Gasteiger partial charge is 0.427 e. The molecule has 0 amide bonds. The Balaban J connectivity index is 3.48. The molecule has 0 saturated heterocycles. The van der Waals surface area contributed by atoms with Gasteiger partial charge in [0.2, 0.25) is 0 Å². The Morgan fingerprint density at radius 3 is 1.88 bits per heavy atom. The number of benzene rings is 1. The van der Waals surface area contributed by atoms with Crippen LogP contribution in [0.5, 0.6) is 0 Å². The van der Waals surface area contributed by atoms with E-state index in [1.807, 2.05) is 0 Å². The van der Waals surface area contributed by atoms with Crippen molar-refractivity contribution >= 4 is 5.97 Å². The van der Waals surface area contributed by atoms with Gasteiger partial charge in [-0.1, -0.05) is 26.8 Å². The summed E-state index contributed by atoms with van der Waals surface area (Å²) in [6, 6.07) is 2.53. The molecule has 0 saturated carbocycles. The first-order valence-corrected chi connectivity index (χ1v) is 6.84. The van der Waals surface area contributed by atoms with Crippen LogP contribution in [0.2, 0.25) is 0 Å². The second-order valence-corrected chi connectivity index (χ2v) is 6.29. The summed E-state index contributed by atoms with van der Waals surface area (Å²) in [7, 11) is 0. The van der Waals surface area contributed by atoms with Crippen molar-refractivity contribution in [2.45, 2.75) is 45.3 Å². The first-order valence-electron chi connectivity index (χ1n) is 6.84. The molecule has 3 nitrogen and oxygen atoms in total. The molecule has 0 atom stereocenters. The zero-order valence-corrected chi connectivity index (χ0v) is 13.3. The van der Waals surface area contributed by atoms with Crippen molar-refractivity contribution in [2.75, 3.05) is 0 Å². The summed E-state index contributed by atoms with van der Waals surface area (Å²) in [4.78, 5) is 11.0. The van der Waals surface area contributed by atoms with Gasteiger partial charge in [-0.3, -0.25) is 0 Å². The lowest BCUT2D eigenvalue weighted by Crippen LogP contribution is -2.66. The molecular weight excluding hydrogens is 361 g/mol. The average molecular weight is 376 g/mol. The van der Waals surface area contributed by atoms with E-state index in [-0.39, 0.29) is 0 Å². The van der Waals surface area contributed by atoms with Crippen molar-refractivity contribution in [1.82, 2.24) is 0 Å². The van der Waals surface area contributed by atoms with Gasteiger partial charge in [0.1, 0.15) is 5.82 Å². The Morgan fingerprint density at radius 2 is 1.52 bits per heavy atom. The number of halogens is 7. The highest BCUT2D eigenvalue weighted by Gasteiger charge is 2.77. The number of carboxylic acid groups (broad SMARTS) is 1. The van der Waals surface area contributed by atoms with Gasteiger partial charge in [-0.25, -0.2) is 9.18 Å². The van der Waals surface area contributed by atoms with Crippen LogP contribution < -0.4 is 0 Å². The van der Waals surface area contributed by atoms with Gasteiger partial charge in [0.25, 0.3) is 5.60 Å². The molecule has 142 valence electrons. The van der Waals surface area contributed by atoms with Crippen LogP contribution in [0.3, 0.4) is 0 Å². The van der Waals surface area contributed by atoms with Gasteiger partial charge in [-0.05, 0) is 12.1 Å². The van der Waals surface area contributed by atoms with Crippen LogP contribution in [0.1, 0.15) is 36.7 Å². The van der Waals surface area contributed by atoms with E-state index in [2.05, 4.69) is 4.74 Å². The molecule has 0 unspecified atom stereocenters. The number of carboxylic acids is 1. The number of ether oxygens (including phenoxy) is 1. The minimum Gasteiger partial charge on any atom is -0.478 e. The molecule has 1 rings (SSSR count). The van der Waals surface area contributed by atoms with E-state index in [1.54, 1.807) is 0 Å². The fourth-order valence-electron chi connectivity index (χ4n) is 2.48. The maximum Gasteiger partial charge on any atom is 0.427 e. The molecule has 1 aromatic carbocycles. The fraction of sp³-hybridized carbons (Fsp3) is 0.533. The van der Waals surface area contributed by atoms with E-state index in [0.29, 0.717) is 26.8 Å². The maximum absolute atomic E-state index is 13.8. The Hall–Kier alpha value is -1.84. The summed E-state index contributed by atoms with van der Waals surface area (Å²) in [6.07, 6.45) is -11.8. The highest BCUT2D eigenvalue weighted by molar-refractivity contribution is 5.89. The summed E-state index contributed by atoms with van der Waals surface area (Å²) in [5.74, 6) is -2.99. The number of rotatable bonds is 4. The molecule has 0 heterocycles. The highest BCUT2D eigenvalue weighted by atomic mass is 19.4. The van der Waals surface area contributed by atoms with E-state index in [0.717, 1.165) is 12.1 Å². The van der Waals surface area contributed by atoms with E-state index < -0.39 is 52.9 Å². The van der Waals surface area contributed by atoms with E-state index >= 15 is 0 Å². The highest BCUT2D eigenvalue weighted by Crippen LogP contribution is 2.55. The standard InChI is InChI=1S/C15H15F7O3/c1-12(2,3)13(14(17,18)19,15(20,21)22)25-7-9-8(11(23)24)5-4-6-10(9)16/h4-6H,7H2,1-3H3,(H,23,24). The van der Waals surface area contributed by atoms with E-state index in [9.17, 15) is 35.5 Å². The topological polar surface area (TPSA) is 46.5 Å². The Kier molecular flexibility index (Phi) is 5.49. The normalized spacial score (nSPS) is 13.8. The van der Waals surface area contributed by atoms with Gasteiger partial charge in [-0.2, -0.15) is 26.3 Å². The summed E-state index contributed by atoms with van der Waals surface area (Å²) < 4.78 is 98.2. The first-order chi connectivity index (χ1) is 11.1. The van der Waals surface area contributed by atoms with Crippen LogP contribution in [0.25, 0.3) is 0 Å². The van der Waals surface area contributed by atoms with Crippen molar-refractivity contribution in [3.05, 3.63) is 35.1 Å². The van der Waals surface area contributed by atoms with Crippen molar-refractivity contribution in [2.24, 2.45) is 5.41 Å². The van der Waals surface area contributed by atoms with Crippen LogP contribution in [0.15, 0.2) is 18.2 Å². The first kappa shape index (κ1) is 21.2. The van der Waals surface area contributed by atoms with Crippen molar-refractivity contribution in [3.8, 4) is 0 Å². The van der Waals surface area contributed by atoms with Crippen LogP contribution >= 0.6 is 0 Å². The maximum atomic E-state index is 13.8. The number of aromatic carboxylic acids is 1. The SMILES string of the molecule is CC(C)(C)C(OCc1c(F)cccc1C(=O)O)(C(F)(F)F)C(F)(F)F. The Morgan fingerprint density at radius 1 is 1.04 bits per heavy atom. The second-order valence-electron chi connectivity index (χ2n) is 6.29. The van der Waals surface area contributed by atoms with Gasteiger partial charge in [0.05, 0.1) is 12.2 Å². The molecule has 0 radical (unpaired) electrons. The molecule has 0 bridgehead atoms. The molecule has 1 aromatic rings. The predicted octanol–water partition coefficient (Wildman–Crippen LogP) is 4.95. The lowest BCUT2D eigenvalue weighted by atomic mass is 9.75. The molecule has 0 aromatic heterocycles. The summed E-state index contributed by atoms with van der Waals surface area (Å²) in [6.45, 7) is 0.499. The third-order valence-corrected chi connectivity index (χ3v) is 3.64.